The average molecular weight is 306 g/mol. The van der Waals surface area contributed by atoms with Crippen LogP contribution in [0.2, 0.25) is 0 Å². The number of hydrogen-bond donors (Lipinski definition) is 1. The summed E-state index contributed by atoms with van der Waals surface area (Å²) in [6.45, 7) is 6.15. The summed E-state index contributed by atoms with van der Waals surface area (Å²) in [5.74, 6) is 3.05. The average Bonchev–Trinajstić information content (AvgIpc) is 2.92. The van der Waals surface area contributed by atoms with E-state index in [0.717, 1.165) is 25.3 Å². The molecule has 3 heterocycles. The van der Waals surface area contributed by atoms with Crippen molar-refractivity contribution < 1.29 is 4.74 Å². The lowest BCUT2D eigenvalue weighted by molar-refractivity contribution is -0.0855. The van der Waals surface area contributed by atoms with Crippen LogP contribution in [0.4, 0.5) is 0 Å². The van der Waals surface area contributed by atoms with Crippen molar-refractivity contribution in [2.75, 3.05) is 24.7 Å². The summed E-state index contributed by atoms with van der Waals surface area (Å²) in [5, 5.41) is 3.68. The standard InChI is InChI=1S/C17H26N2OS/c1-3-18-16(15-6-4-5-13(2)19-15)14-7-9-20-17(11-14)8-10-21-12-17/h4-6,14,16,18H,3,7-12H2,1-2H3. The molecule has 0 aliphatic carbocycles. The first-order chi connectivity index (χ1) is 10.2. The smallest absolute Gasteiger partial charge is 0.0783 e. The van der Waals surface area contributed by atoms with E-state index in [9.17, 15) is 0 Å². The number of hydrogen-bond acceptors (Lipinski definition) is 4. The van der Waals surface area contributed by atoms with Gasteiger partial charge in [-0.15, -0.1) is 0 Å². The molecule has 0 radical (unpaired) electrons. The maximum absolute atomic E-state index is 6.18. The van der Waals surface area contributed by atoms with Crippen molar-refractivity contribution in [3.8, 4) is 0 Å². The number of aryl methyl sites for hydroxylation is 1. The van der Waals surface area contributed by atoms with Gasteiger partial charge in [-0.2, -0.15) is 11.8 Å². The SMILES string of the molecule is CCNC(c1cccc(C)n1)C1CCOC2(CCSC2)C1. The molecule has 1 aromatic heterocycles. The first kappa shape index (κ1) is 15.3. The van der Waals surface area contributed by atoms with Gasteiger partial charge in [-0.05, 0) is 56.5 Å². The van der Waals surface area contributed by atoms with Crippen molar-refractivity contribution in [1.82, 2.24) is 10.3 Å². The van der Waals surface area contributed by atoms with Gasteiger partial charge in [0.2, 0.25) is 0 Å². The Morgan fingerprint density at radius 3 is 3.14 bits per heavy atom. The molecule has 2 aliphatic rings. The molecule has 2 aliphatic heterocycles. The number of ether oxygens (including phenoxy) is 1. The van der Waals surface area contributed by atoms with E-state index >= 15 is 0 Å². The van der Waals surface area contributed by atoms with Gasteiger partial charge >= 0.3 is 0 Å². The Kier molecular flexibility index (Phi) is 4.87. The zero-order valence-corrected chi connectivity index (χ0v) is 13.9. The van der Waals surface area contributed by atoms with Crippen LogP contribution in [0.3, 0.4) is 0 Å². The molecule has 0 aromatic carbocycles. The number of thioether (sulfide) groups is 1. The molecule has 0 amide bonds. The topological polar surface area (TPSA) is 34.2 Å². The summed E-state index contributed by atoms with van der Waals surface area (Å²) in [6, 6.07) is 6.74. The Morgan fingerprint density at radius 2 is 2.43 bits per heavy atom. The molecule has 0 bridgehead atoms. The molecule has 0 saturated carbocycles. The van der Waals surface area contributed by atoms with Crippen molar-refractivity contribution in [1.29, 1.82) is 0 Å². The molecule has 3 atom stereocenters. The van der Waals surface area contributed by atoms with Gasteiger partial charge in [-0.1, -0.05) is 13.0 Å². The van der Waals surface area contributed by atoms with E-state index in [-0.39, 0.29) is 5.60 Å². The first-order valence-electron chi connectivity index (χ1n) is 8.11. The molecule has 2 saturated heterocycles. The maximum Gasteiger partial charge on any atom is 0.0783 e. The molecule has 2 fully saturated rings. The minimum Gasteiger partial charge on any atom is -0.374 e. The summed E-state index contributed by atoms with van der Waals surface area (Å²) < 4.78 is 6.18. The van der Waals surface area contributed by atoms with Crippen molar-refractivity contribution in [3.05, 3.63) is 29.6 Å². The molecule has 4 heteroatoms. The van der Waals surface area contributed by atoms with Crippen molar-refractivity contribution in [3.63, 3.8) is 0 Å². The number of rotatable bonds is 4. The third-order valence-electron chi connectivity index (χ3n) is 4.72. The van der Waals surface area contributed by atoms with Crippen LogP contribution >= 0.6 is 11.8 Å². The third-order valence-corrected chi connectivity index (χ3v) is 5.95. The summed E-state index contributed by atoms with van der Waals surface area (Å²) >= 11 is 2.04. The number of nitrogens with zero attached hydrogens (tertiary/aromatic N) is 1. The summed E-state index contributed by atoms with van der Waals surface area (Å²) in [6.07, 6.45) is 3.53. The van der Waals surface area contributed by atoms with Crippen LogP contribution in [-0.2, 0) is 4.74 Å². The minimum atomic E-state index is 0.144. The molecule has 1 spiro atoms. The normalized spacial score (nSPS) is 30.7. The fourth-order valence-corrected chi connectivity index (χ4v) is 5.06. The second kappa shape index (κ2) is 6.67. The van der Waals surface area contributed by atoms with E-state index in [4.69, 9.17) is 9.72 Å². The zero-order valence-electron chi connectivity index (χ0n) is 13.1. The highest BCUT2D eigenvalue weighted by Crippen LogP contribution is 2.43. The maximum atomic E-state index is 6.18. The highest BCUT2D eigenvalue weighted by molar-refractivity contribution is 7.99. The van der Waals surface area contributed by atoms with Gasteiger partial charge in [-0.25, -0.2) is 0 Å². The van der Waals surface area contributed by atoms with E-state index in [2.05, 4.69) is 37.4 Å². The van der Waals surface area contributed by atoms with Crippen LogP contribution in [0.25, 0.3) is 0 Å². The highest BCUT2D eigenvalue weighted by atomic mass is 32.2. The molecular formula is C17H26N2OS. The molecule has 21 heavy (non-hydrogen) atoms. The third kappa shape index (κ3) is 3.43. The van der Waals surface area contributed by atoms with Crippen LogP contribution < -0.4 is 5.32 Å². The van der Waals surface area contributed by atoms with E-state index in [1.165, 1.54) is 30.0 Å². The molecule has 116 valence electrons. The van der Waals surface area contributed by atoms with Gasteiger partial charge in [0.25, 0.3) is 0 Å². The van der Waals surface area contributed by atoms with Crippen LogP contribution in [0.15, 0.2) is 18.2 Å². The predicted molar refractivity (Wildman–Crippen MR) is 88.7 cm³/mol. The van der Waals surface area contributed by atoms with E-state index in [1.54, 1.807) is 0 Å². The van der Waals surface area contributed by atoms with E-state index < -0.39 is 0 Å². The fourth-order valence-electron chi connectivity index (χ4n) is 3.68. The Labute approximate surface area is 132 Å². The number of pyridine rings is 1. The largest absolute Gasteiger partial charge is 0.374 e. The second-order valence-electron chi connectivity index (χ2n) is 6.33. The Hall–Kier alpha value is -0.580. The van der Waals surface area contributed by atoms with Crippen LogP contribution in [0.5, 0.6) is 0 Å². The van der Waals surface area contributed by atoms with Crippen LogP contribution in [0.1, 0.15) is 43.6 Å². The first-order valence-corrected chi connectivity index (χ1v) is 9.26. The van der Waals surface area contributed by atoms with Crippen LogP contribution in [0, 0.1) is 12.8 Å². The highest BCUT2D eigenvalue weighted by Gasteiger charge is 2.42. The lowest BCUT2D eigenvalue weighted by Gasteiger charge is -2.41. The Bertz CT molecular complexity index is 474. The number of aromatic nitrogens is 1. The molecule has 1 aromatic rings. The lowest BCUT2D eigenvalue weighted by atomic mass is 9.80. The quantitative estimate of drug-likeness (QED) is 0.925. The lowest BCUT2D eigenvalue weighted by Crippen LogP contribution is -2.44. The Balaban J connectivity index is 1.80. The Morgan fingerprint density at radius 1 is 1.52 bits per heavy atom. The van der Waals surface area contributed by atoms with E-state index in [1.807, 2.05) is 11.8 Å². The minimum absolute atomic E-state index is 0.144. The zero-order chi connectivity index (χ0) is 14.7. The fraction of sp³-hybridized carbons (Fsp3) is 0.706. The summed E-state index contributed by atoms with van der Waals surface area (Å²) in [5.41, 5.74) is 2.45. The molecule has 3 unspecified atom stereocenters. The van der Waals surface area contributed by atoms with Gasteiger partial charge in [0.05, 0.1) is 17.3 Å². The predicted octanol–water partition coefficient (Wildman–Crippen LogP) is 3.34. The van der Waals surface area contributed by atoms with Crippen molar-refractivity contribution in [2.24, 2.45) is 5.92 Å². The molecular weight excluding hydrogens is 280 g/mol. The van der Waals surface area contributed by atoms with Gasteiger partial charge in [0, 0.05) is 18.1 Å². The van der Waals surface area contributed by atoms with Crippen LogP contribution in [-0.4, -0.2) is 35.2 Å². The number of nitrogens with one attached hydrogen (secondary N) is 1. The van der Waals surface area contributed by atoms with Gasteiger partial charge < -0.3 is 10.1 Å². The summed E-state index contributed by atoms with van der Waals surface area (Å²) in [7, 11) is 0. The molecule has 1 N–H and O–H groups in total. The van der Waals surface area contributed by atoms with Gasteiger partial charge in [0.15, 0.2) is 0 Å². The van der Waals surface area contributed by atoms with Gasteiger partial charge in [-0.3, -0.25) is 4.98 Å². The molecule has 3 nitrogen and oxygen atoms in total. The monoisotopic (exact) mass is 306 g/mol. The van der Waals surface area contributed by atoms with Crippen molar-refractivity contribution >= 4 is 11.8 Å². The van der Waals surface area contributed by atoms with E-state index in [0.29, 0.717) is 12.0 Å². The van der Waals surface area contributed by atoms with Gasteiger partial charge in [0.1, 0.15) is 0 Å². The summed E-state index contributed by atoms with van der Waals surface area (Å²) in [4.78, 5) is 4.77. The second-order valence-corrected chi connectivity index (χ2v) is 7.43. The van der Waals surface area contributed by atoms with Crippen molar-refractivity contribution in [2.45, 2.75) is 44.8 Å². The molecule has 3 rings (SSSR count).